The average Bonchev–Trinajstić information content (AvgIpc) is 3.85. The van der Waals surface area contributed by atoms with Crippen LogP contribution in [-0.2, 0) is 16.4 Å². The van der Waals surface area contributed by atoms with Crippen LogP contribution < -0.4 is 9.62 Å². The molecule has 0 unspecified atom stereocenters. The van der Waals surface area contributed by atoms with Gasteiger partial charge in [-0.1, -0.05) is 48.6 Å². The summed E-state index contributed by atoms with van der Waals surface area (Å²) in [5, 5.41) is 68.5. The van der Waals surface area contributed by atoms with Crippen LogP contribution in [-0.4, -0.2) is 43.4 Å². The number of carboxylic acids is 2. The molecule has 1 aliphatic carbocycles. The van der Waals surface area contributed by atoms with Gasteiger partial charge < -0.3 is 15.1 Å². The maximum absolute atomic E-state index is 12.0. The van der Waals surface area contributed by atoms with Gasteiger partial charge in [0, 0.05) is 34.8 Å². The Balaban J connectivity index is 1.63. The van der Waals surface area contributed by atoms with Gasteiger partial charge in [0.05, 0.1) is 65.4 Å². The number of hydrogen-bond donors (Lipinski definition) is 3. The van der Waals surface area contributed by atoms with Gasteiger partial charge in [-0.2, -0.15) is 21.0 Å². The fourth-order valence-corrected chi connectivity index (χ4v) is 7.50. The normalized spacial score (nSPS) is 15.2. The van der Waals surface area contributed by atoms with E-state index < -0.39 is 27.9 Å². The van der Waals surface area contributed by atoms with Crippen LogP contribution in [0.5, 0.6) is 0 Å². The van der Waals surface area contributed by atoms with Gasteiger partial charge in [-0.05, 0) is 102 Å². The molecule has 0 amide bonds. The Bertz CT molecular complexity index is 2900. The molecule has 298 valence electrons. The molecule has 3 N–H and O–H groups in total. The van der Waals surface area contributed by atoms with Gasteiger partial charge in [-0.3, -0.25) is 4.72 Å². The number of fused-ring (bicyclic) bond motifs is 1. The molecule has 3 aromatic rings. The minimum absolute atomic E-state index is 0.0112. The third-order valence-corrected chi connectivity index (χ3v) is 10.2. The second-order valence-electron chi connectivity index (χ2n) is 13.4. The number of carbonyl (C=O) groups is 2. The standard InChI is InChI=1S/C46H32N8O6S/c1-52-40(28-51)43(30-11-17-34(18-12-30)46(57)58)37(25-48)8-4-6-32-14-13-31(44(32)54-22-21-35-23-39(19-20-41(35)54)53-61(2,59)60)5-3-7-36(24-47)42(38(26-49)27-50)29-9-15-33(16-10-29)45(55)56/h3-12,15-20,23,38,53H,13-14,21-22H2,2H3,(H,55,56)(H,57,58)/b6-4+,7-3+,31-5+,37-8+,42-36-,43-40+. The smallest absolute Gasteiger partial charge is 0.335 e. The second-order valence-corrected chi connectivity index (χ2v) is 15.2. The van der Waals surface area contributed by atoms with Crippen LogP contribution in [0, 0.1) is 69.1 Å². The molecule has 0 radical (unpaired) electrons. The third kappa shape index (κ3) is 10.1. The molecule has 2 aliphatic rings. The summed E-state index contributed by atoms with van der Waals surface area (Å²) < 4.78 is 26.4. The Morgan fingerprint density at radius 2 is 1.46 bits per heavy atom. The SMILES string of the molecule is [C-]#[N+]/C(C#N)=C(/C(C#N)=C/C=C/C1=C(N2CCc3cc(NS(C)(=O)=O)ccc32)C(=C/C=C/C(C#N)=C(\c2ccc(C(=O)O)cc2)C(C#N)C#N)/CC1)c1ccc(C(=O)O)cc1. The predicted octanol–water partition coefficient (Wildman–Crippen LogP) is 7.85. The average molecular weight is 825 g/mol. The number of anilines is 2. The molecule has 15 heteroatoms. The molecule has 3 aromatic carbocycles. The Morgan fingerprint density at radius 1 is 0.836 bits per heavy atom. The summed E-state index contributed by atoms with van der Waals surface area (Å²) >= 11 is 0. The number of benzene rings is 3. The topological polar surface area (TPSA) is 247 Å². The Hall–Kier alpha value is -8.73. The summed E-state index contributed by atoms with van der Waals surface area (Å²) in [7, 11) is -3.53. The molecule has 0 atom stereocenters. The minimum Gasteiger partial charge on any atom is -0.478 e. The minimum atomic E-state index is -3.53. The van der Waals surface area contributed by atoms with Crippen molar-refractivity contribution < 1.29 is 28.2 Å². The van der Waals surface area contributed by atoms with Gasteiger partial charge in [0.2, 0.25) is 10.0 Å². The van der Waals surface area contributed by atoms with Gasteiger partial charge in [0.15, 0.2) is 5.92 Å². The van der Waals surface area contributed by atoms with Crippen LogP contribution >= 0.6 is 0 Å². The van der Waals surface area contributed by atoms with Crippen molar-refractivity contribution in [2.24, 2.45) is 5.92 Å². The molecule has 0 bridgehead atoms. The van der Waals surface area contributed by atoms with Crippen molar-refractivity contribution in [2.75, 3.05) is 22.4 Å². The number of carboxylic acid groups (broad SMARTS) is 2. The first-order valence-electron chi connectivity index (χ1n) is 18.2. The Morgan fingerprint density at radius 3 is 2.00 bits per heavy atom. The van der Waals surface area contributed by atoms with Gasteiger partial charge in [-0.15, -0.1) is 0 Å². The number of sulfonamides is 1. The van der Waals surface area contributed by atoms with Crippen LogP contribution in [0.15, 0.2) is 137 Å². The molecule has 0 aromatic heterocycles. The first kappa shape index (κ1) is 43.4. The number of rotatable bonds is 13. The fraction of sp³-hybridized carbons (Fsp3) is 0.130. The van der Waals surface area contributed by atoms with Crippen LogP contribution in [0.2, 0.25) is 0 Å². The van der Waals surface area contributed by atoms with Crippen molar-refractivity contribution in [3.05, 3.63) is 176 Å². The lowest BCUT2D eigenvalue weighted by Gasteiger charge is -2.24. The molecule has 14 nitrogen and oxygen atoms in total. The molecular formula is C46H32N8O6S. The van der Waals surface area contributed by atoms with E-state index in [1.54, 1.807) is 36.4 Å². The maximum Gasteiger partial charge on any atom is 0.335 e. The van der Waals surface area contributed by atoms with E-state index in [2.05, 4.69) is 26.6 Å². The number of nitriles is 5. The van der Waals surface area contributed by atoms with Crippen LogP contribution in [0.3, 0.4) is 0 Å². The van der Waals surface area contributed by atoms with Crippen molar-refractivity contribution >= 4 is 44.5 Å². The molecule has 5 rings (SSSR count). The highest BCUT2D eigenvalue weighted by atomic mass is 32.2. The van der Waals surface area contributed by atoms with Crippen LogP contribution in [0.1, 0.15) is 50.2 Å². The number of allylic oxidation sites excluding steroid dienone is 13. The van der Waals surface area contributed by atoms with Gasteiger partial charge >= 0.3 is 11.9 Å². The Kier molecular flexibility index (Phi) is 13.6. The molecule has 61 heavy (non-hydrogen) atoms. The van der Waals surface area contributed by atoms with Gasteiger partial charge in [0.1, 0.15) is 0 Å². The quantitative estimate of drug-likeness (QED) is 0.0847. The van der Waals surface area contributed by atoms with Crippen molar-refractivity contribution in [3.63, 3.8) is 0 Å². The highest BCUT2D eigenvalue weighted by molar-refractivity contribution is 7.92. The van der Waals surface area contributed by atoms with Crippen LogP contribution in [0.25, 0.3) is 16.0 Å². The molecule has 0 saturated carbocycles. The molecule has 1 heterocycles. The summed E-state index contributed by atoms with van der Waals surface area (Å²) in [5.41, 5.74) is 5.00. The monoisotopic (exact) mass is 824 g/mol. The molecule has 0 fully saturated rings. The Labute approximate surface area is 351 Å². The lowest BCUT2D eigenvalue weighted by atomic mass is 9.89. The number of aromatic carboxylic acids is 2. The lowest BCUT2D eigenvalue weighted by molar-refractivity contribution is 0.0686. The summed E-state index contributed by atoms with van der Waals surface area (Å²) in [6.45, 7) is 8.10. The second kappa shape index (κ2) is 19.1. The highest BCUT2D eigenvalue weighted by Gasteiger charge is 2.29. The highest BCUT2D eigenvalue weighted by Crippen LogP contribution is 2.42. The van der Waals surface area contributed by atoms with Crippen molar-refractivity contribution in [2.45, 2.75) is 19.3 Å². The summed E-state index contributed by atoms with van der Waals surface area (Å²) in [6, 6.07) is 26.0. The van der Waals surface area contributed by atoms with E-state index in [1.807, 2.05) is 24.3 Å². The number of nitrogens with one attached hydrogen (secondary N) is 1. The van der Waals surface area contributed by atoms with E-state index in [4.69, 9.17) is 6.57 Å². The van der Waals surface area contributed by atoms with Crippen LogP contribution in [0.4, 0.5) is 11.4 Å². The molecular weight excluding hydrogens is 793 g/mol. The zero-order valence-electron chi connectivity index (χ0n) is 32.3. The molecule has 1 aliphatic heterocycles. The van der Waals surface area contributed by atoms with E-state index in [9.17, 15) is 54.5 Å². The van der Waals surface area contributed by atoms with Crippen molar-refractivity contribution in [1.29, 1.82) is 26.3 Å². The van der Waals surface area contributed by atoms with Gasteiger partial charge in [0.25, 0.3) is 5.70 Å². The largest absolute Gasteiger partial charge is 0.478 e. The summed E-state index contributed by atoms with van der Waals surface area (Å²) in [4.78, 5) is 28.3. The summed E-state index contributed by atoms with van der Waals surface area (Å²) in [6.07, 6.45) is 12.5. The third-order valence-electron chi connectivity index (χ3n) is 9.61. The van der Waals surface area contributed by atoms with E-state index in [1.165, 1.54) is 60.7 Å². The first-order chi connectivity index (χ1) is 29.3. The first-order valence-corrected chi connectivity index (χ1v) is 20.1. The number of hydrogen-bond acceptors (Lipinski definition) is 10. The number of nitrogens with zero attached hydrogens (tertiary/aromatic N) is 7. The predicted molar refractivity (Wildman–Crippen MR) is 225 cm³/mol. The van der Waals surface area contributed by atoms with E-state index in [0.29, 0.717) is 42.6 Å². The lowest BCUT2D eigenvalue weighted by Crippen LogP contribution is -2.20. The van der Waals surface area contributed by atoms with E-state index in [0.717, 1.165) is 34.3 Å². The van der Waals surface area contributed by atoms with E-state index in [-0.39, 0.29) is 39.1 Å². The zero-order valence-corrected chi connectivity index (χ0v) is 33.1. The summed E-state index contributed by atoms with van der Waals surface area (Å²) in [5.74, 6) is -3.67. The van der Waals surface area contributed by atoms with Crippen molar-refractivity contribution in [3.8, 4) is 30.3 Å². The van der Waals surface area contributed by atoms with Gasteiger partial charge in [-0.25, -0.2) is 28.1 Å². The van der Waals surface area contributed by atoms with E-state index >= 15 is 0 Å². The maximum atomic E-state index is 12.0. The molecule has 0 spiro atoms. The zero-order chi connectivity index (χ0) is 44.3. The fourth-order valence-electron chi connectivity index (χ4n) is 6.94. The molecule has 0 saturated heterocycles. The van der Waals surface area contributed by atoms with Crippen molar-refractivity contribution in [1.82, 2.24) is 0 Å².